The Morgan fingerprint density at radius 2 is 1.58 bits per heavy atom. The molecular formula is C35H59N3O6S. The standard InChI is InChI=1S/C35H59N3O6S/c1-5-38(4)18-19-45(43,44)24-29(21-26-12-8-6-9-13-26)34(41)37-31(23-28-16-17-28)35(42)36-30(22-27-14-10-7-11-15-27)33(40)32(39)20-25(2)3/h6,8-9,12-13,25,27-33,39-40H,5,7,10-11,14-24H2,1-4H3,(H,36,42)(H,37,41)/t29-,30+,31+,32+,33-/m1/s1. The summed E-state index contributed by atoms with van der Waals surface area (Å²) in [5, 5.41) is 28.0. The molecule has 0 spiro atoms. The maximum Gasteiger partial charge on any atom is 0.242 e. The summed E-state index contributed by atoms with van der Waals surface area (Å²) < 4.78 is 26.4. The van der Waals surface area contributed by atoms with Crippen LogP contribution in [0.1, 0.15) is 90.5 Å². The number of amides is 2. The molecule has 0 unspecified atom stereocenters. The van der Waals surface area contributed by atoms with Crippen LogP contribution in [-0.2, 0) is 25.8 Å². The first-order valence-electron chi connectivity index (χ1n) is 17.3. The summed E-state index contributed by atoms with van der Waals surface area (Å²) in [4.78, 5) is 29.7. The second-order valence-electron chi connectivity index (χ2n) is 14.2. The summed E-state index contributed by atoms with van der Waals surface area (Å²) in [6.07, 6.45) is 7.08. The number of aliphatic hydroxyl groups excluding tert-OH is 2. The van der Waals surface area contributed by atoms with E-state index >= 15 is 0 Å². The minimum atomic E-state index is -3.55. The largest absolute Gasteiger partial charge is 0.390 e. The molecule has 45 heavy (non-hydrogen) atoms. The third-order valence-electron chi connectivity index (χ3n) is 9.53. The molecule has 0 aromatic heterocycles. The van der Waals surface area contributed by atoms with E-state index in [1.165, 1.54) is 6.42 Å². The van der Waals surface area contributed by atoms with Gasteiger partial charge < -0.3 is 25.7 Å². The highest BCUT2D eigenvalue weighted by Crippen LogP contribution is 2.34. The molecule has 1 aromatic carbocycles. The van der Waals surface area contributed by atoms with Gasteiger partial charge in [0, 0.05) is 6.54 Å². The fourth-order valence-electron chi connectivity index (χ4n) is 6.42. The van der Waals surface area contributed by atoms with Crippen LogP contribution in [0.25, 0.3) is 0 Å². The number of nitrogens with one attached hydrogen (secondary N) is 2. The van der Waals surface area contributed by atoms with Gasteiger partial charge in [-0.25, -0.2) is 8.42 Å². The highest BCUT2D eigenvalue weighted by Gasteiger charge is 2.37. The Morgan fingerprint density at radius 3 is 2.18 bits per heavy atom. The molecule has 0 saturated heterocycles. The summed E-state index contributed by atoms with van der Waals surface area (Å²) in [6, 6.07) is 7.89. The number of nitrogens with zero attached hydrogens (tertiary/aromatic N) is 1. The van der Waals surface area contributed by atoms with Gasteiger partial charge in [-0.05, 0) is 62.6 Å². The van der Waals surface area contributed by atoms with Crippen molar-refractivity contribution in [2.75, 3.05) is 31.6 Å². The van der Waals surface area contributed by atoms with Crippen molar-refractivity contribution in [3.8, 4) is 0 Å². The highest BCUT2D eigenvalue weighted by molar-refractivity contribution is 7.91. The number of aliphatic hydroxyl groups is 2. The van der Waals surface area contributed by atoms with Gasteiger partial charge >= 0.3 is 0 Å². The number of hydrogen-bond acceptors (Lipinski definition) is 7. The van der Waals surface area contributed by atoms with E-state index in [0.29, 0.717) is 37.6 Å². The Labute approximate surface area is 271 Å². The average Bonchev–Trinajstić information content (AvgIpc) is 3.83. The maximum atomic E-state index is 13.9. The molecule has 10 heteroatoms. The van der Waals surface area contributed by atoms with Gasteiger partial charge in [-0.1, -0.05) is 96.0 Å². The topological polar surface area (TPSA) is 136 Å². The molecule has 0 bridgehead atoms. The van der Waals surface area contributed by atoms with E-state index in [-0.39, 0.29) is 29.8 Å². The number of carbonyl (C=O) groups is 2. The van der Waals surface area contributed by atoms with Crippen molar-refractivity contribution in [3.05, 3.63) is 35.9 Å². The summed E-state index contributed by atoms with van der Waals surface area (Å²) in [5.41, 5.74) is 0.858. The van der Waals surface area contributed by atoms with Crippen LogP contribution in [0, 0.1) is 23.7 Å². The van der Waals surface area contributed by atoms with Crippen LogP contribution in [0.2, 0.25) is 0 Å². The lowest BCUT2D eigenvalue weighted by Gasteiger charge is -2.34. The highest BCUT2D eigenvalue weighted by atomic mass is 32.2. The Bertz CT molecular complexity index is 1140. The van der Waals surface area contributed by atoms with Crippen molar-refractivity contribution < 1.29 is 28.2 Å². The first-order valence-corrected chi connectivity index (χ1v) is 19.1. The van der Waals surface area contributed by atoms with Crippen molar-refractivity contribution in [3.63, 3.8) is 0 Å². The minimum Gasteiger partial charge on any atom is -0.390 e. The molecule has 2 aliphatic carbocycles. The first kappa shape index (κ1) is 37.4. The lowest BCUT2D eigenvalue weighted by Crippen LogP contribution is -2.56. The molecule has 3 rings (SSSR count). The second kappa shape index (κ2) is 18.4. The van der Waals surface area contributed by atoms with Gasteiger partial charge in [0.1, 0.15) is 12.1 Å². The van der Waals surface area contributed by atoms with E-state index in [1.807, 2.05) is 63.1 Å². The predicted octanol–water partition coefficient (Wildman–Crippen LogP) is 3.72. The van der Waals surface area contributed by atoms with Crippen molar-refractivity contribution >= 4 is 21.7 Å². The zero-order valence-electron chi connectivity index (χ0n) is 28.0. The summed E-state index contributed by atoms with van der Waals surface area (Å²) in [5.74, 6) is -1.16. The van der Waals surface area contributed by atoms with E-state index in [4.69, 9.17) is 0 Å². The zero-order chi connectivity index (χ0) is 33.0. The Balaban J connectivity index is 1.78. The van der Waals surface area contributed by atoms with Gasteiger partial charge in [-0.15, -0.1) is 0 Å². The minimum absolute atomic E-state index is 0.0403. The van der Waals surface area contributed by atoms with Crippen molar-refractivity contribution in [1.29, 1.82) is 0 Å². The molecule has 9 nitrogen and oxygen atoms in total. The van der Waals surface area contributed by atoms with Crippen LogP contribution in [0.4, 0.5) is 0 Å². The second-order valence-corrected chi connectivity index (χ2v) is 16.4. The number of rotatable bonds is 20. The van der Waals surface area contributed by atoms with Crippen LogP contribution in [0.15, 0.2) is 30.3 Å². The molecule has 2 saturated carbocycles. The van der Waals surface area contributed by atoms with Crippen molar-refractivity contribution in [2.24, 2.45) is 23.7 Å². The molecule has 2 amide bonds. The molecule has 2 aliphatic rings. The zero-order valence-corrected chi connectivity index (χ0v) is 28.8. The molecule has 0 radical (unpaired) electrons. The van der Waals surface area contributed by atoms with E-state index in [2.05, 4.69) is 10.6 Å². The van der Waals surface area contributed by atoms with E-state index in [1.54, 1.807) is 0 Å². The monoisotopic (exact) mass is 649 g/mol. The maximum absolute atomic E-state index is 13.9. The Kier molecular flexibility index (Phi) is 15.3. The molecule has 2 fully saturated rings. The van der Waals surface area contributed by atoms with Gasteiger partial charge in [0.05, 0.1) is 29.6 Å². The lowest BCUT2D eigenvalue weighted by atomic mass is 9.82. The first-order chi connectivity index (χ1) is 21.4. The summed E-state index contributed by atoms with van der Waals surface area (Å²) in [7, 11) is -1.68. The third-order valence-corrected chi connectivity index (χ3v) is 11.2. The van der Waals surface area contributed by atoms with Crippen LogP contribution in [0.5, 0.6) is 0 Å². The molecule has 5 atom stereocenters. The van der Waals surface area contributed by atoms with Gasteiger partial charge in [-0.2, -0.15) is 0 Å². The molecule has 4 N–H and O–H groups in total. The smallest absolute Gasteiger partial charge is 0.242 e. The van der Waals surface area contributed by atoms with Crippen LogP contribution >= 0.6 is 0 Å². The normalized spacial score (nSPS) is 19.6. The van der Waals surface area contributed by atoms with Gasteiger partial charge in [0.15, 0.2) is 9.84 Å². The van der Waals surface area contributed by atoms with Gasteiger partial charge in [-0.3, -0.25) is 9.59 Å². The van der Waals surface area contributed by atoms with E-state index in [9.17, 15) is 28.2 Å². The van der Waals surface area contributed by atoms with Gasteiger partial charge in [0.2, 0.25) is 11.8 Å². The van der Waals surface area contributed by atoms with Crippen LogP contribution < -0.4 is 10.6 Å². The molecule has 0 heterocycles. The van der Waals surface area contributed by atoms with Crippen LogP contribution in [0.3, 0.4) is 0 Å². The quantitative estimate of drug-likeness (QED) is 0.169. The summed E-state index contributed by atoms with van der Waals surface area (Å²) >= 11 is 0. The third kappa shape index (κ3) is 13.7. The molecule has 256 valence electrons. The SMILES string of the molecule is CCN(C)CCS(=O)(=O)C[C@@H](Cc1ccccc1)C(=O)N[C@@H](CC1CC1)C(=O)N[C@@H](CC1CCCCC1)[C@@H](O)[C@@H](O)CC(C)C. The fraction of sp³-hybridized carbons (Fsp3) is 0.771. The number of carbonyl (C=O) groups excluding carboxylic acids is 2. The Morgan fingerprint density at radius 1 is 0.933 bits per heavy atom. The Hall–Kier alpha value is -2.01. The molecule has 0 aliphatic heterocycles. The summed E-state index contributed by atoms with van der Waals surface area (Å²) in [6.45, 7) is 7.05. The lowest BCUT2D eigenvalue weighted by molar-refractivity contribution is -0.132. The van der Waals surface area contributed by atoms with Crippen LogP contribution in [-0.4, -0.2) is 91.3 Å². The molecular weight excluding hydrogens is 590 g/mol. The number of sulfone groups is 1. The van der Waals surface area contributed by atoms with Crippen molar-refractivity contribution in [1.82, 2.24) is 15.5 Å². The van der Waals surface area contributed by atoms with Gasteiger partial charge in [0.25, 0.3) is 0 Å². The van der Waals surface area contributed by atoms with Crippen molar-refractivity contribution in [2.45, 2.75) is 116 Å². The fourth-order valence-corrected chi connectivity index (χ4v) is 8.06. The molecule has 1 aromatic rings. The van der Waals surface area contributed by atoms with E-state index in [0.717, 1.165) is 50.6 Å². The number of benzene rings is 1. The number of hydrogen-bond donors (Lipinski definition) is 4. The average molecular weight is 650 g/mol. The van der Waals surface area contributed by atoms with E-state index < -0.39 is 46.0 Å². The predicted molar refractivity (Wildman–Crippen MR) is 179 cm³/mol.